The Balaban J connectivity index is 1.65. The first kappa shape index (κ1) is 23.7. The summed E-state index contributed by atoms with van der Waals surface area (Å²) in [6, 6.07) is 2.49. The highest BCUT2D eigenvalue weighted by atomic mass is 19.1. The molecule has 0 saturated heterocycles. The van der Waals surface area contributed by atoms with Gasteiger partial charge in [0.1, 0.15) is 18.5 Å². The Labute approximate surface area is 210 Å². The summed E-state index contributed by atoms with van der Waals surface area (Å²) in [5.74, 6) is -1.73. The number of carbonyl (C=O) groups excluding carboxylic acids is 2. The average molecular weight is 508 g/mol. The number of hydrogen-bond donors (Lipinski definition) is 3. The number of carbonyl (C=O) groups is 2. The number of hydrogen-bond acceptors (Lipinski definition) is 7. The van der Waals surface area contributed by atoms with E-state index in [4.69, 9.17) is 9.72 Å². The van der Waals surface area contributed by atoms with Crippen LogP contribution in [0.5, 0.6) is 0 Å². The van der Waals surface area contributed by atoms with Crippen molar-refractivity contribution < 1.29 is 28.9 Å². The van der Waals surface area contributed by atoms with Crippen molar-refractivity contribution in [3.05, 3.63) is 61.7 Å². The summed E-state index contributed by atoms with van der Waals surface area (Å²) in [4.78, 5) is 43.3. The molecule has 2 aromatic heterocycles. The zero-order chi connectivity index (χ0) is 26.4. The SMILES string of the molecule is CC[C@@]1(O)C(=O)OCc2c1cc1n(c2=O)Cc2c-1nc1cc(F)c(C)c3c1c2[C@@H](NC(=O)[C@H](C)O)CC3. The molecule has 0 spiro atoms. The summed E-state index contributed by atoms with van der Waals surface area (Å²) in [5.41, 5.74) is 2.07. The maximum Gasteiger partial charge on any atom is 0.343 e. The number of aromatic nitrogens is 2. The van der Waals surface area contributed by atoms with Crippen molar-refractivity contribution in [2.24, 2.45) is 0 Å². The Morgan fingerprint density at radius 2 is 2.08 bits per heavy atom. The fourth-order valence-electron chi connectivity index (χ4n) is 5.99. The summed E-state index contributed by atoms with van der Waals surface area (Å²) < 4.78 is 21.6. The normalized spacial score (nSPS) is 22.2. The van der Waals surface area contributed by atoms with Crippen LogP contribution in [0.4, 0.5) is 4.39 Å². The van der Waals surface area contributed by atoms with Gasteiger partial charge < -0.3 is 24.8 Å². The highest BCUT2D eigenvalue weighted by Crippen LogP contribution is 2.45. The number of rotatable bonds is 3. The molecule has 0 fully saturated rings. The predicted octanol–water partition coefficient (Wildman–Crippen LogP) is 2.01. The Bertz CT molecular complexity index is 1610. The molecule has 1 amide bonds. The number of pyridine rings is 2. The molecule has 37 heavy (non-hydrogen) atoms. The van der Waals surface area contributed by atoms with Gasteiger partial charge in [-0.05, 0) is 55.9 Å². The smallest absolute Gasteiger partial charge is 0.343 e. The molecule has 3 aromatic rings. The minimum Gasteiger partial charge on any atom is -0.458 e. The van der Waals surface area contributed by atoms with E-state index in [1.807, 2.05) is 0 Å². The summed E-state index contributed by atoms with van der Waals surface area (Å²) in [5, 5.41) is 24.6. The molecule has 192 valence electrons. The summed E-state index contributed by atoms with van der Waals surface area (Å²) in [6.45, 7) is 4.65. The van der Waals surface area contributed by atoms with Gasteiger partial charge in [0.15, 0.2) is 5.60 Å². The van der Waals surface area contributed by atoms with E-state index >= 15 is 0 Å². The van der Waals surface area contributed by atoms with E-state index in [0.717, 1.165) is 16.5 Å². The number of nitrogens with one attached hydrogen (secondary N) is 1. The zero-order valence-electron chi connectivity index (χ0n) is 20.6. The predicted molar refractivity (Wildman–Crippen MR) is 130 cm³/mol. The van der Waals surface area contributed by atoms with Crippen LogP contribution in [0.1, 0.15) is 66.1 Å². The molecule has 4 heterocycles. The lowest BCUT2D eigenvalue weighted by molar-refractivity contribution is -0.172. The third kappa shape index (κ3) is 3.15. The lowest BCUT2D eigenvalue weighted by Gasteiger charge is -2.31. The summed E-state index contributed by atoms with van der Waals surface area (Å²) in [7, 11) is 0. The number of ether oxygens (including phenoxy) is 1. The molecule has 0 saturated carbocycles. The van der Waals surface area contributed by atoms with Gasteiger partial charge in [0.2, 0.25) is 5.91 Å². The van der Waals surface area contributed by atoms with Crippen LogP contribution >= 0.6 is 0 Å². The standard InChI is InChI=1S/C27H26FN3O6/c1-4-27(36)16-7-20-23-14(9-31(20)25(34)15(16)10-37-26(27)35)22-18(30-24(33)12(3)32)6-5-13-11(2)17(28)8-19(29-23)21(13)22/h7-8,12,18,32,36H,4-6,9-10H2,1-3H3,(H,30,33)/t12-,18-,27-/m0/s1. The van der Waals surface area contributed by atoms with Crippen LogP contribution in [0.3, 0.4) is 0 Å². The topological polar surface area (TPSA) is 131 Å². The zero-order valence-corrected chi connectivity index (χ0v) is 20.6. The van der Waals surface area contributed by atoms with Gasteiger partial charge in [0, 0.05) is 22.6 Å². The van der Waals surface area contributed by atoms with E-state index in [1.54, 1.807) is 19.9 Å². The second kappa shape index (κ2) is 7.93. The fourth-order valence-corrected chi connectivity index (χ4v) is 5.99. The summed E-state index contributed by atoms with van der Waals surface area (Å²) >= 11 is 0. The molecular weight excluding hydrogens is 481 g/mol. The van der Waals surface area contributed by atoms with Crippen molar-refractivity contribution in [1.29, 1.82) is 0 Å². The number of fused-ring (bicyclic) bond motifs is 5. The molecule has 9 nitrogen and oxygen atoms in total. The molecule has 2 aliphatic heterocycles. The number of aryl methyl sites for hydroxylation is 1. The number of esters is 1. The Kier molecular flexibility index (Phi) is 5.09. The first-order chi connectivity index (χ1) is 17.6. The van der Waals surface area contributed by atoms with Crippen molar-refractivity contribution in [2.75, 3.05) is 0 Å². The molecule has 1 aliphatic carbocycles. The molecule has 10 heteroatoms. The van der Waals surface area contributed by atoms with Crippen molar-refractivity contribution in [1.82, 2.24) is 14.9 Å². The second-order valence-electron chi connectivity index (χ2n) is 10.1. The first-order valence-corrected chi connectivity index (χ1v) is 12.4. The van der Waals surface area contributed by atoms with Crippen molar-refractivity contribution in [3.8, 4) is 11.4 Å². The number of amides is 1. The highest BCUT2D eigenvalue weighted by molar-refractivity contribution is 5.94. The number of nitrogens with zero attached hydrogens (tertiary/aromatic N) is 2. The van der Waals surface area contributed by atoms with Gasteiger partial charge in [0.25, 0.3) is 5.56 Å². The van der Waals surface area contributed by atoms with E-state index < -0.39 is 41.0 Å². The van der Waals surface area contributed by atoms with Crippen LogP contribution in [-0.2, 0) is 39.5 Å². The highest BCUT2D eigenvalue weighted by Gasteiger charge is 2.46. The van der Waals surface area contributed by atoms with Crippen LogP contribution in [0.25, 0.3) is 22.3 Å². The van der Waals surface area contributed by atoms with Crippen LogP contribution in [-0.4, -0.2) is 37.7 Å². The minimum atomic E-state index is -1.96. The Morgan fingerprint density at radius 3 is 2.78 bits per heavy atom. The summed E-state index contributed by atoms with van der Waals surface area (Å²) in [6.07, 6.45) is -0.187. The quantitative estimate of drug-likeness (QED) is 0.362. The molecule has 0 bridgehead atoms. The Morgan fingerprint density at radius 1 is 1.32 bits per heavy atom. The number of benzene rings is 1. The van der Waals surface area contributed by atoms with Crippen LogP contribution in [0, 0.1) is 12.7 Å². The monoisotopic (exact) mass is 507 g/mol. The van der Waals surface area contributed by atoms with Crippen molar-refractivity contribution in [3.63, 3.8) is 0 Å². The van der Waals surface area contributed by atoms with Gasteiger partial charge in [-0.3, -0.25) is 9.59 Å². The Hall–Kier alpha value is -3.63. The molecule has 3 aliphatic rings. The van der Waals surface area contributed by atoms with Crippen LogP contribution < -0.4 is 10.9 Å². The molecule has 0 radical (unpaired) electrons. The van der Waals surface area contributed by atoms with Gasteiger partial charge in [0.05, 0.1) is 35.1 Å². The van der Waals surface area contributed by atoms with Crippen LogP contribution in [0.15, 0.2) is 16.9 Å². The molecular formula is C27H26FN3O6. The number of halogens is 1. The van der Waals surface area contributed by atoms with E-state index in [2.05, 4.69) is 5.32 Å². The second-order valence-corrected chi connectivity index (χ2v) is 10.1. The third-order valence-corrected chi connectivity index (χ3v) is 8.07. The fraction of sp³-hybridized carbons (Fsp3) is 0.407. The van der Waals surface area contributed by atoms with Crippen molar-refractivity contribution in [2.45, 2.75) is 70.9 Å². The average Bonchev–Trinajstić information content (AvgIpc) is 3.24. The van der Waals surface area contributed by atoms with Gasteiger partial charge in [-0.1, -0.05) is 6.92 Å². The van der Waals surface area contributed by atoms with Gasteiger partial charge in [-0.2, -0.15) is 0 Å². The van der Waals surface area contributed by atoms with Gasteiger partial charge in [-0.25, -0.2) is 14.2 Å². The lowest BCUT2D eigenvalue weighted by atomic mass is 9.81. The molecule has 3 N–H and O–H groups in total. The van der Waals surface area contributed by atoms with E-state index in [1.165, 1.54) is 17.6 Å². The lowest BCUT2D eigenvalue weighted by Crippen LogP contribution is -2.44. The maximum absolute atomic E-state index is 14.9. The third-order valence-electron chi connectivity index (χ3n) is 8.07. The largest absolute Gasteiger partial charge is 0.458 e. The van der Waals surface area contributed by atoms with Gasteiger partial charge in [-0.15, -0.1) is 0 Å². The van der Waals surface area contributed by atoms with Gasteiger partial charge >= 0.3 is 5.97 Å². The van der Waals surface area contributed by atoms with E-state index in [9.17, 15) is 29.0 Å². The van der Waals surface area contributed by atoms with E-state index in [-0.39, 0.29) is 30.7 Å². The molecule has 0 unspecified atom stereocenters. The molecule has 1 aromatic carbocycles. The van der Waals surface area contributed by atoms with Crippen molar-refractivity contribution >= 4 is 22.8 Å². The minimum absolute atomic E-state index is 0.0201. The number of aliphatic hydroxyl groups excluding tert-OH is 1. The number of cyclic esters (lactones) is 1. The molecule has 6 rings (SSSR count). The first-order valence-electron chi connectivity index (χ1n) is 12.4. The maximum atomic E-state index is 14.9. The molecule has 3 atom stereocenters. The van der Waals surface area contributed by atoms with E-state index in [0.29, 0.717) is 40.9 Å². The van der Waals surface area contributed by atoms with Crippen LogP contribution in [0.2, 0.25) is 0 Å². The number of aliphatic hydroxyl groups is 2.